The van der Waals surface area contributed by atoms with Gasteiger partial charge >= 0.3 is 0 Å². The van der Waals surface area contributed by atoms with E-state index in [1.165, 1.54) is 0 Å². The van der Waals surface area contributed by atoms with Gasteiger partial charge < -0.3 is 5.11 Å². The van der Waals surface area contributed by atoms with Crippen LogP contribution in [0.4, 0.5) is 13.2 Å². The Hall–Kier alpha value is -0.370. The minimum absolute atomic E-state index is 0.0222. The Bertz CT molecular complexity index is 319. The third kappa shape index (κ3) is 2.31. The third-order valence-electron chi connectivity index (χ3n) is 1.43. The molecule has 1 heterocycles. The molecule has 0 aliphatic heterocycles. The van der Waals surface area contributed by atoms with Crippen LogP contribution in [0.25, 0.3) is 0 Å². The minimum Gasteiger partial charge on any atom is -0.390 e. The molecule has 0 aromatic carbocycles. The fraction of sp³-hybridized carbons (Fsp3) is 0.286. The van der Waals surface area contributed by atoms with E-state index in [0.29, 0.717) is 6.07 Å². The van der Waals surface area contributed by atoms with E-state index in [9.17, 15) is 13.2 Å². The van der Waals surface area contributed by atoms with Gasteiger partial charge in [0.05, 0.1) is 12.3 Å². The molecular weight excluding hydrogens is 298 g/mol. The predicted molar refractivity (Wildman–Crippen MR) is 47.8 cm³/mol. The Balaban J connectivity index is 3.25. The standard InChI is InChI=1S/C7H5F3INO/c8-4-1-3(6(9)10)5(2-13)12-7(4)11/h1,6,13H,2H2. The lowest BCUT2D eigenvalue weighted by Gasteiger charge is -2.06. The van der Waals surface area contributed by atoms with Crippen molar-refractivity contribution in [3.8, 4) is 0 Å². The van der Waals surface area contributed by atoms with Gasteiger partial charge in [-0.1, -0.05) is 0 Å². The second-order valence-corrected chi connectivity index (χ2v) is 3.28. The maximum atomic E-state index is 12.8. The summed E-state index contributed by atoms with van der Waals surface area (Å²) in [7, 11) is 0. The summed E-state index contributed by atoms with van der Waals surface area (Å²) in [5, 5.41) is 8.66. The Morgan fingerprint density at radius 1 is 1.54 bits per heavy atom. The van der Waals surface area contributed by atoms with Gasteiger partial charge in [0, 0.05) is 5.56 Å². The van der Waals surface area contributed by atoms with Crippen molar-refractivity contribution in [2.75, 3.05) is 0 Å². The van der Waals surface area contributed by atoms with Gasteiger partial charge in [-0.3, -0.25) is 0 Å². The van der Waals surface area contributed by atoms with Crippen LogP contribution < -0.4 is 0 Å². The molecule has 72 valence electrons. The number of rotatable bonds is 2. The highest BCUT2D eigenvalue weighted by atomic mass is 127. The maximum absolute atomic E-state index is 12.8. The van der Waals surface area contributed by atoms with Crippen molar-refractivity contribution < 1.29 is 18.3 Å². The number of aliphatic hydroxyl groups is 1. The van der Waals surface area contributed by atoms with E-state index in [4.69, 9.17) is 5.11 Å². The van der Waals surface area contributed by atoms with Crippen LogP contribution in [0.1, 0.15) is 17.7 Å². The predicted octanol–water partition coefficient (Wildman–Crippen LogP) is 2.26. The molecule has 1 aromatic rings. The lowest BCUT2D eigenvalue weighted by atomic mass is 10.2. The first-order valence-electron chi connectivity index (χ1n) is 3.30. The number of aromatic nitrogens is 1. The summed E-state index contributed by atoms with van der Waals surface area (Å²) in [6.45, 7) is -0.615. The summed E-state index contributed by atoms with van der Waals surface area (Å²) in [5.74, 6) is -0.798. The monoisotopic (exact) mass is 303 g/mol. The largest absolute Gasteiger partial charge is 0.390 e. The van der Waals surface area contributed by atoms with E-state index >= 15 is 0 Å². The molecule has 6 heteroatoms. The summed E-state index contributed by atoms with van der Waals surface area (Å²) in [6, 6.07) is 0.699. The zero-order valence-electron chi connectivity index (χ0n) is 6.27. The summed E-state index contributed by atoms with van der Waals surface area (Å²) < 4.78 is 37.2. The molecule has 0 amide bonds. The zero-order chi connectivity index (χ0) is 10.0. The molecule has 0 atom stereocenters. The molecule has 0 spiro atoms. The second-order valence-electron chi connectivity index (χ2n) is 2.26. The molecule has 0 fully saturated rings. The van der Waals surface area contributed by atoms with Gasteiger partial charge in [-0.05, 0) is 28.7 Å². The number of nitrogens with zero attached hydrogens (tertiary/aromatic N) is 1. The molecule has 0 saturated heterocycles. The van der Waals surface area contributed by atoms with Crippen LogP contribution in [0.3, 0.4) is 0 Å². The molecule has 0 aliphatic rings. The Morgan fingerprint density at radius 2 is 2.15 bits per heavy atom. The van der Waals surface area contributed by atoms with E-state index in [0.717, 1.165) is 0 Å². The van der Waals surface area contributed by atoms with Gasteiger partial charge in [0.15, 0.2) is 5.82 Å². The van der Waals surface area contributed by atoms with E-state index in [1.807, 2.05) is 0 Å². The molecule has 13 heavy (non-hydrogen) atoms. The average Bonchev–Trinajstić information content (AvgIpc) is 2.08. The van der Waals surface area contributed by atoms with Crippen molar-refractivity contribution in [3.63, 3.8) is 0 Å². The first kappa shape index (κ1) is 10.7. The van der Waals surface area contributed by atoms with E-state index in [1.54, 1.807) is 22.6 Å². The van der Waals surface area contributed by atoms with Crippen LogP contribution in [-0.2, 0) is 6.61 Å². The molecule has 0 saturated carbocycles. The fourth-order valence-electron chi connectivity index (χ4n) is 0.831. The van der Waals surface area contributed by atoms with Gasteiger partial charge in [-0.2, -0.15) is 0 Å². The third-order valence-corrected chi connectivity index (χ3v) is 2.19. The quantitative estimate of drug-likeness (QED) is 0.671. The number of hydrogen-bond acceptors (Lipinski definition) is 2. The second kappa shape index (κ2) is 4.23. The average molecular weight is 303 g/mol. The Labute approximate surface area is 85.9 Å². The molecule has 0 unspecified atom stereocenters. The van der Waals surface area contributed by atoms with Gasteiger partial charge in [0.1, 0.15) is 3.70 Å². The topological polar surface area (TPSA) is 33.1 Å². The molecule has 0 radical (unpaired) electrons. The van der Waals surface area contributed by atoms with Gasteiger partial charge in [0.25, 0.3) is 6.43 Å². The van der Waals surface area contributed by atoms with E-state index in [-0.39, 0.29) is 9.39 Å². The summed E-state index contributed by atoms with van der Waals surface area (Å²) in [6.07, 6.45) is -2.82. The summed E-state index contributed by atoms with van der Waals surface area (Å²) in [5.41, 5.74) is -0.735. The molecule has 1 rings (SSSR count). The molecule has 0 bridgehead atoms. The van der Waals surface area contributed by atoms with Crippen molar-refractivity contribution >= 4 is 22.6 Å². The first-order valence-corrected chi connectivity index (χ1v) is 4.38. The number of halogens is 4. The molecule has 1 aromatic heterocycles. The number of pyridine rings is 1. The lowest BCUT2D eigenvalue weighted by molar-refractivity contribution is 0.145. The normalized spacial score (nSPS) is 10.9. The highest BCUT2D eigenvalue weighted by Gasteiger charge is 2.16. The first-order chi connectivity index (χ1) is 6.06. The molecule has 1 N–H and O–H groups in total. The van der Waals surface area contributed by atoms with Crippen LogP contribution in [0, 0.1) is 9.52 Å². The highest BCUT2D eigenvalue weighted by molar-refractivity contribution is 14.1. The smallest absolute Gasteiger partial charge is 0.265 e. The lowest BCUT2D eigenvalue weighted by Crippen LogP contribution is -2.02. The highest BCUT2D eigenvalue weighted by Crippen LogP contribution is 2.24. The zero-order valence-corrected chi connectivity index (χ0v) is 8.43. The fourth-order valence-corrected chi connectivity index (χ4v) is 1.28. The van der Waals surface area contributed by atoms with Crippen LogP contribution in [0.15, 0.2) is 6.07 Å². The number of aliphatic hydroxyl groups excluding tert-OH is 1. The van der Waals surface area contributed by atoms with Crippen LogP contribution in [0.2, 0.25) is 0 Å². The van der Waals surface area contributed by atoms with Gasteiger partial charge in [-0.15, -0.1) is 0 Å². The van der Waals surface area contributed by atoms with Crippen molar-refractivity contribution in [3.05, 3.63) is 26.8 Å². The minimum atomic E-state index is -2.82. The Morgan fingerprint density at radius 3 is 2.62 bits per heavy atom. The maximum Gasteiger partial charge on any atom is 0.265 e. The van der Waals surface area contributed by atoms with Crippen molar-refractivity contribution in [2.45, 2.75) is 13.0 Å². The number of alkyl halides is 2. The van der Waals surface area contributed by atoms with Crippen molar-refractivity contribution in [1.82, 2.24) is 4.98 Å². The van der Waals surface area contributed by atoms with Gasteiger partial charge in [0.2, 0.25) is 0 Å². The SMILES string of the molecule is OCc1nc(I)c(F)cc1C(F)F. The van der Waals surface area contributed by atoms with Crippen LogP contribution in [0.5, 0.6) is 0 Å². The molecular formula is C7H5F3INO. The van der Waals surface area contributed by atoms with Crippen molar-refractivity contribution in [2.24, 2.45) is 0 Å². The summed E-state index contributed by atoms with van der Waals surface area (Å²) >= 11 is 1.57. The van der Waals surface area contributed by atoms with E-state index < -0.39 is 24.4 Å². The molecule has 0 aliphatic carbocycles. The number of hydrogen-bond donors (Lipinski definition) is 1. The van der Waals surface area contributed by atoms with Gasteiger partial charge in [-0.25, -0.2) is 18.2 Å². The summed E-state index contributed by atoms with van der Waals surface area (Å²) in [4.78, 5) is 3.49. The van der Waals surface area contributed by atoms with E-state index in [2.05, 4.69) is 4.98 Å². The van der Waals surface area contributed by atoms with Crippen LogP contribution in [-0.4, -0.2) is 10.1 Å². The van der Waals surface area contributed by atoms with Crippen LogP contribution >= 0.6 is 22.6 Å². The Kier molecular flexibility index (Phi) is 3.48. The molecule has 2 nitrogen and oxygen atoms in total. The van der Waals surface area contributed by atoms with Crippen molar-refractivity contribution in [1.29, 1.82) is 0 Å².